The first kappa shape index (κ1) is 18.4. The first-order valence-electron chi connectivity index (χ1n) is 8.00. The van der Waals surface area contributed by atoms with Crippen LogP contribution in [0.1, 0.15) is 47.2 Å². The third-order valence-electron chi connectivity index (χ3n) is 4.66. The van der Waals surface area contributed by atoms with Crippen molar-refractivity contribution >= 4 is 18.3 Å². The Balaban J connectivity index is 0.00000208. The lowest BCUT2D eigenvalue weighted by Crippen LogP contribution is -2.43. The summed E-state index contributed by atoms with van der Waals surface area (Å²) in [5, 5.41) is 3.19. The minimum absolute atomic E-state index is 0. The number of nitrogens with two attached hydrogens (primary N) is 1. The van der Waals surface area contributed by atoms with E-state index in [1.54, 1.807) is 24.3 Å². The lowest BCUT2D eigenvalue weighted by molar-refractivity contribution is 0.0898. The fraction of sp³-hybridized carbons (Fsp3) is 0.316. The van der Waals surface area contributed by atoms with E-state index in [4.69, 9.17) is 5.73 Å². The zero-order chi connectivity index (χ0) is 16.3. The van der Waals surface area contributed by atoms with Crippen LogP contribution in [-0.4, -0.2) is 5.91 Å². The summed E-state index contributed by atoms with van der Waals surface area (Å²) >= 11 is 0. The van der Waals surface area contributed by atoms with Crippen molar-refractivity contribution in [3.8, 4) is 0 Å². The lowest BCUT2D eigenvalue weighted by atomic mass is 9.87. The van der Waals surface area contributed by atoms with Crippen molar-refractivity contribution in [2.45, 2.75) is 37.8 Å². The summed E-state index contributed by atoms with van der Waals surface area (Å²) in [7, 11) is 0. The second kappa shape index (κ2) is 7.77. The van der Waals surface area contributed by atoms with Crippen LogP contribution in [0.3, 0.4) is 0 Å². The summed E-state index contributed by atoms with van der Waals surface area (Å²) in [4.78, 5) is 12.6. The van der Waals surface area contributed by atoms with Crippen molar-refractivity contribution in [1.29, 1.82) is 0 Å². The Morgan fingerprint density at radius 3 is 2.17 bits per heavy atom. The minimum Gasteiger partial charge on any atom is -0.343 e. The fourth-order valence-electron chi connectivity index (χ4n) is 3.32. The average Bonchev–Trinajstić information content (AvgIpc) is 3.05. The van der Waals surface area contributed by atoms with Crippen LogP contribution in [0.15, 0.2) is 48.5 Å². The van der Waals surface area contributed by atoms with Gasteiger partial charge in [0.15, 0.2) is 0 Å². The summed E-state index contributed by atoms with van der Waals surface area (Å²) in [6.45, 7) is 0.460. The normalized spacial score (nSPS) is 15.6. The van der Waals surface area contributed by atoms with Gasteiger partial charge < -0.3 is 11.1 Å². The number of rotatable bonds is 4. The quantitative estimate of drug-likeness (QED) is 0.880. The van der Waals surface area contributed by atoms with E-state index in [0.29, 0.717) is 12.1 Å². The largest absolute Gasteiger partial charge is 0.343 e. The highest BCUT2D eigenvalue weighted by Gasteiger charge is 2.37. The highest BCUT2D eigenvalue weighted by molar-refractivity contribution is 5.94. The smallest absolute Gasteiger partial charge is 0.251 e. The van der Waals surface area contributed by atoms with E-state index >= 15 is 0 Å². The molecular formula is C19H22ClFN2O. The highest BCUT2D eigenvalue weighted by Crippen LogP contribution is 2.39. The molecule has 2 aromatic carbocycles. The number of carbonyl (C=O) groups excluding carboxylic acids is 1. The molecule has 1 fully saturated rings. The Morgan fingerprint density at radius 1 is 1.04 bits per heavy atom. The summed E-state index contributed by atoms with van der Waals surface area (Å²) < 4.78 is 13.2. The number of amides is 1. The molecule has 0 aromatic heterocycles. The van der Waals surface area contributed by atoms with Crippen LogP contribution in [0, 0.1) is 5.82 Å². The average molecular weight is 349 g/mol. The number of carbonyl (C=O) groups is 1. The molecule has 0 atom stereocenters. The molecule has 0 bridgehead atoms. The van der Waals surface area contributed by atoms with Crippen LogP contribution in [0.25, 0.3) is 0 Å². The predicted octanol–water partition coefficient (Wildman–Crippen LogP) is 3.91. The van der Waals surface area contributed by atoms with Crippen molar-refractivity contribution in [1.82, 2.24) is 5.32 Å². The first-order valence-corrected chi connectivity index (χ1v) is 8.00. The third-order valence-corrected chi connectivity index (χ3v) is 4.66. The number of hydrogen-bond acceptors (Lipinski definition) is 2. The molecule has 1 aliphatic rings. The van der Waals surface area contributed by atoms with Crippen molar-refractivity contribution < 1.29 is 9.18 Å². The molecule has 1 amide bonds. The van der Waals surface area contributed by atoms with Gasteiger partial charge >= 0.3 is 0 Å². The van der Waals surface area contributed by atoms with Gasteiger partial charge in [-0.2, -0.15) is 0 Å². The standard InChI is InChI=1S/C19H21FN2O.ClH/c20-17-9-7-16(8-10-17)19(11-1-2-12-19)22-18(23)15-5-3-14(13-21)4-6-15;/h3-10H,1-2,11-13,21H2,(H,22,23);1H. The summed E-state index contributed by atoms with van der Waals surface area (Å²) in [6.07, 6.45) is 3.88. The zero-order valence-electron chi connectivity index (χ0n) is 13.4. The summed E-state index contributed by atoms with van der Waals surface area (Å²) in [5.74, 6) is -0.356. The number of benzene rings is 2. The van der Waals surface area contributed by atoms with Crippen molar-refractivity contribution in [2.24, 2.45) is 5.73 Å². The van der Waals surface area contributed by atoms with Gasteiger partial charge in [-0.1, -0.05) is 37.1 Å². The van der Waals surface area contributed by atoms with Crippen LogP contribution in [0.4, 0.5) is 4.39 Å². The van der Waals surface area contributed by atoms with Crippen LogP contribution >= 0.6 is 12.4 Å². The molecule has 0 saturated heterocycles. The molecule has 0 aliphatic heterocycles. The van der Waals surface area contributed by atoms with Gasteiger partial charge in [0.2, 0.25) is 0 Å². The van der Waals surface area contributed by atoms with E-state index in [0.717, 1.165) is 36.8 Å². The maximum atomic E-state index is 13.2. The molecular weight excluding hydrogens is 327 g/mol. The second-order valence-corrected chi connectivity index (χ2v) is 6.15. The first-order chi connectivity index (χ1) is 11.1. The molecule has 2 aromatic rings. The minimum atomic E-state index is -0.392. The monoisotopic (exact) mass is 348 g/mol. The molecule has 5 heteroatoms. The van der Waals surface area contributed by atoms with Gasteiger partial charge in [0, 0.05) is 12.1 Å². The van der Waals surface area contributed by atoms with E-state index in [1.165, 1.54) is 12.1 Å². The van der Waals surface area contributed by atoms with Crippen molar-refractivity contribution in [2.75, 3.05) is 0 Å². The lowest BCUT2D eigenvalue weighted by Gasteiger charge is -2.31. The van der Waals surface area contributed by atoms with Crippen LogP contribution in [0.2, 0.25) is 0 Å². The van der Waals surface area contributed by atoms with Crippen molar-refractivity contribution in [3.63, 3.8) is 0 Å². The molecule has 0 unspecified atom stereocenters. The summed E-state index contributed by atoms with van der Waals surface area (Å²) in [5.41, 5.74) is 7.79. The fourth-order valence-corrected chi connectivity index (χ4v) is 3.32. The Kier molecular flexibility index (Phi) is 5.97. The maximum Gasteiger partial charge on any atom is 0.251 e. The topological polar surface area (TPSA) is 55.1 Å². The van der Waals surface area contributed by atoms with Crippen molar-refractivity contribution in [3.05, 3.63) is 71.0 Å². The van der Waals surface area contributed by atoms with Gasteiger partial charge in [0.05, 0.1) is 5.54 Å². The van der Waals surface area contributed by atoms with Crippen LogP contribution in [0.5, 0.6) is 0 Å². The molecule has 0 radical (unpaired) electrons. The Labute approximate surface area is 147 Å². The molecule has 1 aliphatic carbocycles. The molecule has 1 saturated carbocycles. The second-order valence-electron chi connectivity index (χ2n) is 6.15. The molecule has 0 spiro atoms. The van der Waals surface area contributed by atoms with Gasteiger partial charge in [-0.05, 0) is 48.2 Å². The number of nitrogens with one attached hydrogen (secondary N) is 1. The van der Waals surface area contributed by atoms with Gasteiger partial charge in [0.1, 0.15) is 5.82 Å². The summed E-state index contributed by atoms with van der Waals surface area (Å²) in [6, 6.07) is 13.8. The van der Waals surface area contributed by atoms with E-state index in [2.05, 4.69) is 5.32 Å². The molecule has 3 N–H and O–H groups in total. The van der Waals surface area contributed by atoms with E-state index in [1.807, 2.05) is 12.1 Å². The van der Waals surface area contributed by atoms with E-state index in [-0.39, 0.29) is 24.1 Å². The SMILES string of the molecule is Cl.NCc1ccc(C(=O)NC2(c3ccc(F)cc3)CCCC2)cc1. The number of halogens is 2. The zero-order valence-corrected chi connectivity index (χ0v) is 14.2. The highest BCUT2D eigenvalue weighted by atomic mass is 35.5. The molecule has 0 heterocycles. The third kappa shape index (κ3) is 3.77. The molecule has 24 heavy (non-hydrogen) atoms. The van der Waals surface area contributed by atoms with E-state index in [9.17, 15) is 9.18 Å². The van der Waals surface area contributed by atoms with E-state index < -0.39 is 5.54 Å². The Morgan fingerprint density at radius 2 is 1.62 bits per heavy atom. The molecule has 3 nitrogen and oxygen atoms in total. The predicted molar refractivity (Wildman–Crippen MR) is 95.6 cm³/mol. The van der Waals surface area contributed by atoms with Gasteiger partial charge in [0.25, 0.3) is 5.91 Å². The van der Waals surface area contributed by atoms with Crippen LogP contribution < -0.4 is 11.1 Å². The maximum absolute atomic E-state index is 13.2. The van der Waals surface area contributed by atoms with Crippen LogP contribution in [-0.2, 0) is 12.1 Å². The van der Waals surface area contributed by atoms with Gasteiger partial charge in [-0.15, -0.1) is 12.4 Å². The number of hydrogen-bond donors (Lipinski definition) is 2. The van der Waals surface area contributed by atoms with Gasteiger partial charge in [-0.3, -0.25) is 4.79 Å². The molecule has 3 rings (SSSR count). The molecule has 128 valence electrons. The Bertz CT molecular complexity index is 680. The van der Waals surface area contributed by atoms with Gasteiger partial charge in [-0.25, -0.2) is 4.39 Å². The Hall–Kier alpha value is -1.91.